The highest BCUT2D eigenvalue weighted by atomic mass is 35.5. The Morgan fingerprint density at radius 3 is 2.68 bits per heavy atom. The van der Waals surface area contributed by atoms with Crippen molar-refractivity contribution >= 4 is 39.4 Å². The van der Waals surface area contributed by atoms with Crippen molar-refractivity contribution in [1.82, 2.24) is 19.3 Å². The maximum Gasteiger partial charge on any atom is 0.200 e. The smallest absolute Gasteiger partial charge is 0.200 e. The number of nitriles is 1. The lowest BCUT2D eigenvalue weighted by Gasteiger charge is -2.13. The second-order valence-electron chi connectivity index (χ2n) is 7.29. The Labute approximate surface area is 181 Å². The minimum Gasteiger partial charge on any atom is -0.369 e. The summed E-state index contributed by atoms with van der Waals surface area (Å²) in [6, 6.07) is 14.4. The van der Waals surface area contributed by atoms with Crippen molar-refractivity contribution in [1.29, 1.82) is 5.26 Å². The number of aromatic nitrogens is 4. The molecule has 2 heterocycles. The molecule has 0 radical (unpaired) electrons. The fourth-order valence-corrected chi connectivity index (χ4v) is 4.38. The number of fused-ring (bicyclic) bond motifs is 2. The van der Waals surface area contributed by atoms with Gasteiger partial charge in [0.1, 0.15) is 17.4 Å². The highest BCUT2D eigenvalue weighted by Crippen LogP contribution is 2.41. The maximum absolute atomic E-state index is 15.4. The third-order valence-corrected chi connectivity index (χ3v) is 5.89. The van der Waals surface area contributed by atoms with Crippen LogP contribution < -0.4 is 5.73 Å². The summed E-state index contributed by atoms with van der Waals surface area (Å²) in [4.78, 5) is 4.47. The molecule has 0 aliphatic carbocycles. The number of aryl methyl sites for hydroxylation is 2. The average Bonchev–Trinajstić information content (AvgIpc) is 3.27. The van der Waals surface area contributed by atoms with Gasteiger partial charge in [0.2, 0.25) is 5.95 Å². The van der Waals surface area contributed by atoms with Crippen molar-refractivity contribution < 1.29 is 4.39 Å². The molecule has 8 heteroatoms. The number of nitrogens with two attached hydrogens (primary N) is 1. The molecule has 152 valence electrons. The first-order valence-electron chi connectivity index (χ1n) is 9.46. The molecule has 0 bridgehead atoms. The highest BCUT2D eigenvalue weighted by molar-refractivity contribution is 6.35. The van der Waals surface area contributed by atoms with Crippen LogP contribution in [0.15, 0.2) is 48.7 Å². The normalized spacial score (nSPS) is 11.3. The minimum atomic E-state index is -0.495. The molecular weight excluding hydrogens is 415 g/mol. The highest BCUT2D eigenvalue weighted by Gasteiger charge is 2.24. The van der Waals surface area contributed by atoms with E-state index in [1.807, 2.05) is 24.3 Å². The van der Waals surface area contributed by atoms with E-state index in [0.29, 0.717) is 49.6 Å². The molecule has 0 aliphatic rings. The van der Waals surface area contributed by atoms with Gasteiger partial charge in [0, 0.05) is 30.6 Å². The zero-order valence-electron chi connectivity index (χ0n) is 16.7. The van der Waals surface area contributed by atoms with Crippen LogP contribution in [0.5, 0.6) is 0 Å². The van der Waals surface area contributed by atoms with Crippen LogP contribution in [0.2, 0.25) is 5.02 Å². The summed E-state index contributed by atoms with van der Waals surface area (Å²) in [7, 11) is 3.50. The van der Waals surface area contributed by atoms with Crippen molar-refractivity contribution in [2.75, 3.05) is 5.73 Å². The Bertz CT molecular complexity index is 1560. The Kier molecular flexibility index (Phi) is 4.20. The van der Waals surface area contributed by atoms with E-state index in [4.69, 9.17) is 17.3 Å². The first-order chi connectivity index (χ1) is 14.9. The van der Waals surface area contributed by atoms with E-state index in [1.165, 1.54) is 6.07 Å². The van der Waals surface area contributed by atoms with Crippen LogP contribution in [0.1, 0.15) is 5.56 Å². The largest absolute Gasteiger partial charge is 0.369 e. The summed E-state index contributed by atoms with van der Waals surface area (Å²) in [5.41, 5.74) is 9.55. The van der Waals surface area contributed by atoms with Crippen molar-refractivity contribution in [3.8, 4) is 28.5 Å². The van der Waals surface area contributed by atoms with Gasteiger partial charge in [0.25, 0.3) is 0 Å². The number of nitrogen functional groups attached to an aromatic ring is 1. The summed E-state index contributed by atoms with van der Waals surface area (Å²) in [5, 5.41) is 16.2. The first kappa shape index (κ1) is 19.1. The fraction of sp³-hybridized carbons (Fsp3) is 0.0870. The van der Waals surface area contributed by atoms with Gasteiger partial charge in [0.15, 0.2) is 0 Å². The van der Waals surface area contributed by atoms with Gasteiger partial charge in [-0.05, 0) is 17.5 Å². The molecule has 0 unspecified atom stereocenters. The van der Waals surface area contributed by atoms with Crippen LogP contribution >= 0.6 is 11.6 Å². The fourth-order valence-electron chi connectivity index (χ4n) is 4.10. The molecule has 0 aliphatic heterocycles. The van der Waals surface area contributed by atoms with Crippen LogP contribution in [-0.4, -0.2) is 19.3 Å². The third-order valence-electron chi connectivity index (χ3n) is 5.59. The Hall–Kier alpha value is -3.89. The molecule has 5 rings (SSSR count). The van der Waals surface area contributed by atoms with E-state index in [1.54, 1.807) is 41.7 Å². The number of halogens is 2. The van der Waals surface area contributed by atoms with E-state index in [9.17, 15) is 5.26 Å². The SMILES string of the molecule is Cn1ncc(-c2ccc(Cl)c3c2nc(N)n3C)c1-c1c(F)cc2ccccc2c1C#N. The maximum atomic E-state index is 15.4. The molecule has 0 atom stereocenters. The van der Waals surface area contributed by atoms with E-state index in [-0.39, 0.29) is 11.1 Å². The van der Waals surface area contributed by atoms with E-state index in [2.05, 4.69) is 16.2 Å². The van der Waals surface area contributed by atoms with Gasteiger partial charge in [-0.15, -0.1) is 0 Å². The van der Waals surface area contributed by atoms with Crippen molar-refractivity contribution in [3.05, 3.63) is 65.1 Å². The molecular formula is C23H16ClFN6. The van der Waals surface area contributed by atoms with E-state index in [0.717, 1.165) is 0 Å². The molecule has 3 aromatic carbocycles. The molecule has 5 aromatic rings. The number of nitrogens with zero attached hydrogens (tertiary/aromatic N) is 5. The van der Waals surface area contributed by atoms with Crippen LogP contribution in [0.25, 0.3) is 44.2 Å². The summed E-state index contributed by atoms with van der Waals surface area (Å²) >= 11 is 6.40. The predicted molar refractivity (Wildman–Crippen MR) is 120 cm³/mol. The molecule has 0 fully saturated rings. The molecule has 0 saturated heterocycles. The van der Waals surface area contributed by atoms with Gasteiger partial charge in [-0.3, -0.25) is 4.68 Å². The van der Waals surface area contributed by atoms with E-state index < -0.39 is 5.82 Å². The average molecular weight is 431 g/mol. The number of benzene rings is 3. The quantitative estimate of drug-likeness (QED) is 0.425. The van der Waals surface area contributed by atoms with Crippen LogP contribution in [-0.2, 0) is 14.1 Å². The second-order valence-corrected chi connectivity index (χ2v) is 7.70. The van der Waals surface area contributed by atoms with Crippen LogP contribution in [0.3, 0.4) is 0 Å². The Morgan fingerprint density at radius 1 is 1.13 bits per heavy atom. The van der Waals surface area contributed by atoms with Gasteiger partial charge < -0.3 is 10.3 Å². The van der Waals surface area contributed by atoms with Gasteiger partial charge in [-0.2, -0.15) is 10.4 Å². The Morgan fingerprint density at radius 2 is 1.90 bits per heavy atom. The van der Waals surface area contributed by atoms with Gasteiger partial charge >= 0.3 is 0 Å². The molecule has 2 aromatic heterocycles. The summed E-state index contributed by atoms with van der Waals surface area (Å²) in [5.74, 6) is -0.185. The van der Waals surface area contributed by atoms with E-state index >= 15 is 4.39 Å². The van der Waals surface area contributed by atoms with Gasteiger partial charge in [0.05, 0.1) is 33.6 Å². The standard InChI is InChI=1S/C23H16ClFN6/c1-30-22-17(24)8-7-14(20(22)29-23(30)27)16-11-28-31(2)21(16)19-15(10-26)13-6-4-3-5-12(13)9-18(19)25/h3-9,11H,1-2H3,(H2,27,29). The topological polar surface area (TPSA) is 85.5 Å². The second kappa shape index (κ2) is 6.83. The lowest BCUT2D eigenvalue weighted by Crippen LogP contribution is -2.00. The number of rotatable bonds is 2. The lowest BCUT2D eigenvalue weighted by atomic mass is 9.93. The first-order valence-corrected chi connectivity index (χ1v) is 9.84. The predicted octanol–water partition coefficient (Wildman–Crippen LogP) is 5.04. The Balaban J connectivity index is 1.88. The van der Waals surface area contributed by atoms with Crippen molar-refractivity contribution in [2.45, 2.75) is 0 Å². The summed E-state index contributed by atoms with van der Waals surface area (Å²) < 4.78 is 18.7. The molecule has 31 heavy (non-hydrogen) atoms. The summed E-state index contributed by atoms with van der Waals surface area (Å²) in [6.07, 6.45) is 1.64. The van der Waals surface area contributed by atoms with Crippen LogP contribution in [0, 0.1) is 17.1 Å². The number of anilines is 1. The summed E-state index contributed by atoms with van der Waals surface area (Å²) in [6.45, 7) is 0. The zero-order chi connectivity index (χ0) is 21.9. The van der Waals surface area contributed by atoms with Crippen LogP contribution in [0.4, 0.5) is 10.3 Å². The molecule has 2 N–H and O–H groups in total. The zero-order valence-corrected chi connectivity index (χ0v) is 17.4. The lowest BCUT2D eigenvalue weighted by molar-refractivity contribution is 0.629. The monoisotopic (exact) mass is 430 g/mol. The molecule has 6 nitrogen and oxygen atoms in total. The molecule has 0 saturated carbocycles. The van der Waals surface area contributed by atoms with Gasteiger partial charge in [-0.25, -0.2) is 9.37 Å². The van der Waals surface area contributed by atoms with Crippen molar-refractivity contribution in [3.63, 3.8) is 0 Å². The minimum absolute atomic E-state index is 0.197. The third kappa shape index (κ3) is 2.69. The number of imidazole rings is 1. The number of hydrogen-bond acceptors (Lipinski definition) is 4. The molecule has 0 amide bonds. The van der Waals surface area contributed by atoms with Gasteiger partial charge in [-0.1, -0.05) is 41.9 Å². The molecule has 0 spiro atoms. The number of hydrogen-bond donors (Lipinski definition) is 1. The van der Waals surface area contributed by atoms with Crippen molar-refractivity contribution in [2.24, 2.45) is 14.1 Å².